The lowest BCUT2D eigenvalue weighted by Gasteiger charge is -2.11. The van der Waals surface area contributed by atoms with Crippen molar-refractivity contribution in [1.29, 1.82) is 5.26 Å². The number of carbonyl (C=O) groups is 2. The average molecular weight is 303 g/mol. The Kier molecular flexibility index (Phi) is 6.44. The van der Waals surface area contributed by atoms with Crippen LogP contribution in [0.4, 0.5) is 0 Å². The predicted octanol–water partition coefficient (Wildman–Crippen LogP) is 0.602. The van der Waals surface area contributed by atoms with Crippen molar-refractivity contribution in [1.82, 2.24) is 5.32 Å². The average Bonchev–Trinajstić information content (AvgIpc) is 2.50. The summed E-state index contributed by atoms with van der Waals surface area (Å²) in [5.74, 6) is -0.296. The van der Waals surface area contributed by atoms with Gasteiger partial charge in [-0.1, -0.05) is 6.07 Å². The summed E-state index contributed by atoms with van der Waals surface area (Å²) in [5, 5.41) is 11.4. The zero-order valence-corrected chi connectivity index (χ0v) is 12.4. The molecule has 1 aromatic carbocycles. The lowest BCUT2D eigenvalue weighted by atomic mass is 10.1. The summed E-state index contributed by atoms with van der Waals surface area (Å²) in [5.41, 5.74) is 5.46. The zero-order chi connectivity index (χ0) is 16.5. The minimum absolute atomic E-state index is 0.135. The molecule has 0 bridgehead atoms. The number of ether oxygens (including phenoxy) is 2. The molecule has 0 saturated carbocycles. The van der Waals surface area contributed by atoms with Crippen LogP contribution < -0.4 is 20.5 Å². The Morgan fingerprint density at radius 2 is 2.14 bits per heavy atom. The smallest absolute Gasteiger partial charge is 0.259 e. The number of nitriles is 1. The van der Waals surface area contributed by atoms with Gasteiger partial charge < -0.3 is 20.5 Å². The van der Waals surface area contributed by atoms with Crippen LogP contribution in [-0.2, 0) is 9.59 Å². The number of hydrogen-bond donors (Lipinski definition) is 2. The quantitative estimate of drug-likeness (QED) is 0.565. The number of amides is 2. The molecule has 0 atom stereocenters. The molecular weight excluding hydrogens is 286 g/mol. The van der Waals surface area contributed by atoms with Gasteiger partial charge in [0.05, 0.1) is 7.11 Å². The third-order valence-corrected chi connectivity index (χ3v) is 2.62. The number of rotatable bonds is 7. The highest BCUT2D eigenvalue weighted by molar-refractivity contribution is 6.00. The number of carbonyl (C=O) groups excluding carboxylic acids is 2. The van der Waals surface area contributed by atoms with Crippen molar-refractivity contribution in [3.63, 3.8) is 0 Å². The van der Waals surface area contributed by atoms with Crippen LogP contribution in [0.15, 0.2) is 23.8 Å². The van der Waals surface area contributed by atoms with Crippen molar-refractivity contribution in [3.05, 3.63) is 29.3 Å². The Bertz CT molecular complexity index is 632. The molecular formula is C15H17N3O4. The molecule has 1 aromatic rings. The van der Waals surface area contributed by atoms with Crippen LogP contribution in [0.5, 0.6) is 11.5 Å². The highest BCUT2D eigenvalue weighted by Gasteiger charge is 2.09. The normalized spacial score (nSPS) is 10.5. The van der Waals surface area contributed by atoms with Crippen molar-refractivity contribution < 1.29 is 19.1 Å². The highest BCUT2D eigenvalue weighted by atomic mass is 16.5. The maximum absolute atomic E-state index is 11.4. The molecule has 0 spiro atoms. The van der Waals surface area contributed by atoms with E-state index in [1.807, 2.05) is 6.92 Å². The molecule has 0 unspecified atom stereocenters. The molecule has 116 valence electrons. The number of nitrogens with two attached hydrogens (primary N) is 1. The van der Waals surface area contributed by atoms with E-state index in [0.717, 1.165) is 0 Å². The van der Waals surface area contributed by atoms with Crippen molar-refractivity contribution in [3.8, 4) is 17.6 Å². The molecule has 2 amide bonds. The maximum Gasteiger partial charge on any atom is 0.259 e. The summed E-state index contributed by atoms with van der Waals surface area (Å²) in [4.78, 5) is 22.4. The fourth-order valence-corrected chi connectivity index (χ4v) is 1.61. The summed E-state index contributed by atoms with van der Waals surface area (Å²) in [6.07, 6.45) is 1.35. The van der Waals surface area contributed by atoms with Gasteiger partial charge in [-0.2, -0.15) is 5.26 Å². The Morgan fingerprint density at radius 3 is 2.68 bits per heavy atom. The largest absolute Gasteiger partial charge is 0.493 e. The van der Waals surface area contributed by atoms with Gasteiger partial charge in [-0.05, 0) is 30.7 Å². The van der Waals surface area contributed by atoms with Crippen molar-refractivity contribution >= 4 is 17.9 Å². The van der Waals surface area contributed by atoms with Crippen LogP contribution in [0, 0.1) is 11.3 Å². The van der Waals surface area contributed by atoms with Gasteiger partial charge in [0.15, 0.2) is 18.1 Å². The second-order valence-corrected chi connectivity index (χ2v) is 4.19. The predicted molar refractivity (Wildman–Crippen MR) is 80.0 cm³/mol. The van der Waals surface area contributed by atoms with E-state index in [1.54, 1.807) is 24.3 Å². The standard InChI is InChI=1S/C15H17N3O4/c1-3-18-14(19)9-22-12-5-4-10(7-13(12)21-2)6-11(8-16)15(17)20/h4-7H,3,9H2,1-2H3,(H2,17,20)(H,18,19)/b11-6+. The topological polar surface area (TPSA) is 114 Å². The van der Waals surface area contributed by atoms with Crippen molar-refractivity contribution in [2.24, 2.45) is 5.73 Å². The van der Waals surface area contributed by atoms with Gasteiger partial charge in [-0.25, -0.2) is 0 Å². The molecule has 3 N–H and O–H groups in total. The first-order chi connectivity index (χ1) is 10.5. The van der Waals surface area contributed by atoms with Gasteiger partial charge in [0.2, 0.25) is 0 Å². The number of primary amides is 1. The molecule has 7 nitrogen and oxygen atoms in total. The summed E-state index contributed by atoms with van der Waals surface area (Å²) < 4.78 is 10.5. The Morgan fingerprint density at radius 1 is 1.41 bits per heavy atom. The first-order valence-corrected chi connectivity index (χ1v) is 6.51. The maximum atomic E-state index is 11.4. The molecule has 1 rings (SSSR count). The Balaban J connectivity index is 2.94. The van der Waals surface area contributed by atoms with E-state index in [4.69, 9.17) is 20.5 Å². The van der Waals surface area contributed by atoms with E-state index in [0.29, 0.717) is 23.6 Å². The van der Waals surface area contributed by atoms with Crippen LogP contribution in [0.1, 0.15) is 12.5 Å². The van der Waals surface area contributed by atoms with Crippen molar-refractivity contribution in [2.75, 3.05) is 20.3 Å². The molecule has 0 saturated heterocycles. The molecule has 22 heavy (non-hydrogen) atoms. The minimum Gasteiger partial charge on any atom is -0.493 e. The van der Waals surface area contributed by atoms with E-state index in [9.17, 15) is 9.59 Å². The van der Waals surface area contributed by atoms with Gasteiger partial charge in [0.25, 0.3) is 11.8 Å². The summed E-state index contributed by atoms with van der Waals surface area (Å²) >= 11 is 0. The third-order valence-electron chi connectivity index (χ3n) is 2.62. The van der Waals surface area contributed by atoms with Crippen LogP contribution in [0.2, 0.25) is 0 Å². The summed E-state index contributed by atoms with van der Waals surface area (Å²) in [7, 11) is 1.45. The highest BCUT2D eigenvalue weighted by Crippen LogP contribution is 2.28. The van der Waals surface area contributed by atoms with Crippen LogP contribution in [0.3, 0.4) is 0 Å². The molecule has 0 aliphatic rings. The molecule has 0 fully saturated rings. The summed E-state index contributed by atoms with van der Waals surface area (Å²) in [6.45, 7) is 2.20. The number of hydrogen-bond acceptors (Lipinski definition) is 5. The van der Waals surface area contributed by atoms with E-state index in [-0.39, 0.29) is 18.1 Å². The van der Waals surface area contributed by atoms with Gasteiger partial charge in [0, 0.05) is 6.54 Å². The molecule has 0 aliphatic carbocycles. The van der Waals surface area contributed by atoms with Gasteiger partial charge in [-0.15, -0.1) is 0 Å². The number of likely N-dealkylation sites (N-methyl/N-ethyl adjacent to an activating group) is 1. The minimum atomic E-state index is -0.807. The number of benzene rings is 1. The van der Waals surface area contributed by atoms with E-state index >= 15 is 0 Å². The van der Waals surface area contributed by atoms with E-state index < -0.39 is 5.91 Å². The first-order valence-electron chi connectivity index (χ1n) is 6.51. The lowest BCUT2D eigenvalue weighted by molar-refractivity contribution is -0.123. The molecule has 7 heteroatoms. The van der Waals surface area contributed by atoms with Crippen LogP contribution >= 0.6 is 0 Å². The Labute approximate surface area is 128 Å². The lowest BCUT2D eigenvalue weighted by Crippen LogP contribution is -2.28. The zero-order valence-electron chi connectivity index (χ0n) is 12.4. The van der Waals surface area contributed by atoms with Crippen LogP contribution in [-0.4, -0.2) is 32.1 Å². The fourth-order valence-electron chi connectivity index (χ4n) is 1.61. The fraction of sp³-hybridized carbons (Fsp3) is 0.267. The van der Waals surface area contributed by atoms with Crippen molar-refractivity contribution in [2.45, 2.75) is 6.92 Å². The number of nitrogens with one attached hydrogen (secondary N) is 1. The number of methoxy groups -OCH3 is 1. The monoisotopic (exact) mass is 303 g/mol. The third kappa shape index (κ3) is 4.83. The van der Waals surface area contributed by atoms with Gasteiger partial charge >= 0.3 is 0 Å². The molecule has 0 aromatic heterocycles. The molecule has 0 radical (unpaired) electrons. The molecule has 0 heterocycles. The van der Waals surface area contributed by atoms with Crippen LogP contribution in [0.25, 0.3) is 6.08 Å². The number of nitrogens with zero attached hydrogens (tertiary/aromatic N) is 1. The van der Waals surface area contributed by atoms with E-state index in [1.165, 1.54) is 13.2 Å². The molecule has 0 aliphatic heterocycles. The second-order valence-electron chi connectivity index (χ2n) is 4.19. The first kappa shape index (κ1) is 17.0. The van der Waals surface area contributed by atoms with E-state index in [2.05, 4.69) is 5.32 Å². The van der Waals surface area contributed by atoms with Gasteiger partial charge in [0.1, 0.15) is 11.6 Å². The second kappa shape index (κ2) is 8.32. The van der Waals surface area contributed by atoms with Gasteiger partial charge in [-0.3, -0.25) is 9.59 Å². The summed E-state index contributed by atoms with van der Waals surface area (Å²) in [6, 6.07) is 6.50. The Hall–Kier alpha value is -3.01. The SMILES string of the molecule is CCNC(=O)COc1ccc(/C=C(\C#N)C(N)=O)cc1OC.